The SMILES string of the molecule is c1ccc2cc(-c3ccc(-c4ccc5cc(-c6cc7ccccc7c7ccccc67)ccc5c4)cc3)ccc2c1. The molecule has 0 saturated heterocycles. The zero-order valence-corrected chi connectivity index (χ0v) is 22.0. The van der Waals surface area contributed by atoms with E-state index >= 15 is 0 Å². The maximum absolute atomic E-state index is 2.34. The highest BCUT2D eigenvalue weighted by atomic mass is 14.1. The Hall–Kier alpha value is -5.20. The fourth-order valence-corrected chi connectivity index (χ4v) is 6.11. The highest BCUT2D eigenvalue weighted by Crippen LogP contribution is 2.37. The minimum absolute atomic E-state index is 1.23. The fraction of sp³-hybridized carbons (Fsp3) is 0. The van der Waals surface area contributed by atoms with E-state index in [1.54, 1.807) is 0 Å². The molecule has 8 aromatic rings. The van der Waals surface area contributed by atoms with Crippen molar-refractivity contribution in [3.05, 3.63) is 158 Å². The molecule has 0 amide bonds. The van der Waals surface area contributed by atoms with E-state index in [-0.39, 0.29) is 0 Å². The van der Waals surface area contributed by atoms with Crippen LogP contribution < -0.4 is 0 Å². The molecule has 0 heterocycles. The third kappa shape index (κ3) is 3.85. The molecule has 0 fully saturated rings. The van der Waals surface area contributed by atoms with Gasteiger partial charge in [0.15, 0.2) is 0 Å². The van der Waals surface area contributed by atoms with E-state index in [2.05, 4.69) is 158 Å². The number of hydrogen-bond acceptors (Lipinski definition) is 0. The van der Waals surface area contributed by atoms with E-state index in [1.807, 2.05) is 0 Å². The fourth-order valence-electron chi connectivity index (χ4n) is 6.11. The van der Waals surface area contributed by atoms with E-state index in [4.69, 9.17) is 0 Å². The van der Waals surface area contributed by atoms with Crippen molar-refractivity contribution in [3.63, 3.8) is 0 Å². The predicted molar refractivity (Wildman–Crippen MR) is 173 cm³/mol. The zero-order valence-electron chi connectivity index (χ0n) is 22.0. The first-order valence-electron chi connectivity index (χ1n) is 13.8. The number of fused-ring (bicyclic) bond motifs is 5. The summed E-state index contributed by atoms with van der Waals surface area (Å²) in [5.41, 5.74) is 7.49. The number of benzene rings is 8. The molecule has 0 heteroatoms. The molecule has 40 heavy (non-hydrogen) atoms. The van der Waals surface area contributed by atoms with Crippen LogP contribution in [0.4, 0.5) is 0 Å². The van der Waals surface area contributed by atoms with Gasteiger partial charge in [-0.15, -0.1) is 0 Å². The molecule has 0 aliphatic heterocycles. The van der Waals surface area contributed by atoms with E-state index in [1.165, 1.54) is 76.5 Å². The molecule has 0 bridgehead atoms. The van der Waals surface area contributed by atoms with Crippen LogP contribution in [0.2, 0.25) is 0 Å². The normalized spacial score (nSPS) is 11.5. The molecule has 0 aliphatic rings. The lowest BCUT2D eigenvalue weighted by molar-refractivity contribution is 1.61. The molecule has 0 spiro atoms. The smallest absolute Gasteiger partial charge is 0.00988 e. The molecule has 8 rings (SSSR count). The van der Waals surface area contributed by atoms with E-state index in [0.29, 0.717) is 0 Å². The highest BCUT2D eigenvalue weighted by molar-refractivity contribution is 6.14. The second-order valence-corrected chi connectivity index (χ2v) is 10.6. The van der Waals surface area contributed by atoms with Gasteiger partial charge < -0.3 is 0 Å². The van der Waals surface area contributed by atoms with Gasteiger partial charge in [-0.1, -0.05) is 133 Å². The first-order valence-corrected chi connectivity index (χ1v) is 13.8. The molecule has 0 nitrogen and oxygen atoms in total. The third-order valence-corrected chi connectivity index (χ3v) is 8.22. The van der Waals surface area contributed by atoms with Crippen LogP contribution in [0.5, 0.6) is 0 Å². The van der Waals surface area contributed by atoms with Crippen LogP contribution in [0.25, 0.3) is 76.5 Å². The topological polar surface area (TPSA) is 0 Å². The molecule has 186 valence electrons. The second-order valence-electron chi connectivity index (χ2n) is 10.6. The van der Waals surface area contributed by atoms with Gasteiger partial charge in [0, 0.05) is 0 Å². The molecule has 0 radical (unpaired) electrons. The molecular weight excluding hydrogens is 480 g/mol. The van der Waals surface area contributed by atoms with Crippen molar-refractivity contribution in [1.82, 2.24) is 0 Å². The molecular formula is C40H26. The van der Waals surface area contributed by atoms with Crippen LogP contribution >= 0.6 is 0 Å². The van der Waals surface area contributed by atoms with Gasteiger partial charge in [-0.05, 0) is 101 Å². The summed E-state index contributed by atoms with van der Waals surface area (Å²) in [6.07, 6.45) is 0. The van der Waals surface area contributed by atoms with Crippen LogP contribution in [0.15, 0.2) is 158 Å². The largest absolute Gasteiger partial charge is 0.0616 e. The van der Waals surface area contributed by atoms with Crippen molar-refractivity contribution in [2.24, 2.45) is 0 Å². The van der Waals surface area contributed by atoms with Gasteiger partial charge in [0.25, 0.3) is 0 Å². The molecule has 0 aromatic heterocycles. The van der Waals surface area contributed by atoms with Gasteiger partial charge in [0.05, 0.1) is 0 Å². The highest BCUT2D eigenvalue weighted by Gasteiger charge is 2.10. The third-order valence-electron chi connectivity index (χ3n) is 8.22. The van der Waals surface area contributed by atoms with E-state index in [9.17, 15) is 0 Å². The lowest BCUT2D eigenvalue weighted by Gasteiger charge is -2.12. The Bertz CT molecular complexity index is 2200. The van der Waals surface area contributed by atoms with E-state index < -0.39 is 0 Å². The lowest BCUT2D eigenvalue weighted by atomic mass is 9.91. The standard InChI is InChI=1S/C40H26/c1-2-8-30-23-31(18-17-27(30)7-1)28-13-15-29(16-14-28)32-19-20-34-25-36(22-21-33(34)24-32)40-26-35-9-3-4-10-37(35)38-11-5-6-12-39(38)40/h1-26H. The van der Waals surface area contributed by atoms with Gasteiger partial charge >= 0.3 is 0 Å². The summed E-state index contributed by atoms with van der Waals surface area (Å²) in [6, 6.07) is 57.6. The maximum atomic E-state index is 2.34. The quantitative estimate of drug-likeness (QED) is 0.209. The van der Waals surface area contributed by atoms with Crippen molar-refractivity contribution < 1.29 is 0 Å². The van der Waals surface area contributed by atoms with Crippen molar-refractivity contribution in [2.45, 2.75) is 0 Å². The van der Waals surface area contributed by atoms with Crippen LogP contribution in [-0.4, -0.2) is 0 Å². The van der Waals surface area contributed by atoms with Crippen LogP contribution in [0.3, 0.4) is 0 Å². The zero-order chi connectivity index (χ0) is 26.5. The first kappa shape index (κ1) is 22.8. The molecule has 0 unspecified atom stereocenters. The Kier molecular flexibility index (Phi) is 5.24. The van der Waals surface area contributed by atoms with Crippen LogP contribution in [0.1, 0.15) is 0 Å². The average molecular weight is 507 g/mol. The summed E-state index contributed by atoms with van der Waals surface area (Å²) in [4.78, 5) is 0. The molecule has 0 saturated carbocycles. The van der Waals surface area contributed by atoms with Gasteiger partial charge in [0.2, 0.25) is 0 Å². The average Bonchev–Trinajstić information content (AvgIpc) is 3.04. The van der Waals surface area contributed by atoms with Crippen molar-refractivity contribution in [1.29, 1.82) is 0 Å². The van der Waals surface area contributed by atoms with Crippen molar-refractivity contribution >= 4 is 43.1 Å². The Morgan fingerprint density at radius 3 is 1.32 bits per heavy atom. The van der Waals surface area contributed by atoms with Crippen LogP contribution in [0, 0.1) is 0 Å². The summed E-state index contributed by atoms with van der Waals surface area (Å²) in [7, 11) is 0. The minimum atomic E-state index is 1.23. The summed E-state index contributed by atoms with van der Waals surface area (Å²) >= 11 is 0. The van der Waals surface area contributed by atoms with Gasteiger partial charge in [-0.2, -0.15) is 0 Å². The van der Waals surface area contributed by atoms with Crippen molar-refractivity contribution in [2.75, 3.05) is 0 Å². The number of hydrogen-bond donors (Lipinski definition) is 0. The number of rotatable bonds is 3. The van der Waals surface area contributed by atoms with Gasteiger partial charge in [-0.25, -0.2) is 0 Å². The van der Waals surface area contributed by atoms with Crippen LogP contribution in [-0.2, 0) is 0 Å². The lowest BCUT2D eigenvalue weighted by Crippen LogP contribution is -1.86. The van der Waals surface area contributed by atoms with E-state index in [0.717, 1.165) is 0 Å². The van der Waals surface area contributed by atoms with Gasteiger partial charge in [0.1, 0.15) is 0 Å². The summed E-state index contributed by atoms with van der Waals surface area (Å²) in [5.74, 6) is 0. The maximum Gasteiger partial charge on any atom is -0.00988 e. The Morgan fingerprint density at radius 1 is 0.225 bits per heavy atom. The van der Waals surface area contributed by atoms with Crippen molar-refractivity contribution in [3.8, 4) is 33.4 Å². The molecule has 0 N–H and O–H groups in total. The second kappa shape index (κ2) is 9.22. The predicted octanol–water partition coefficient (Wildman–Crippen LogP) is 11.3. The van der Waals surface area contributed by atoms with Gasteiger partial charge in [-0.3, -0.25) is 0 Å². The molecule has 8 aromatic carbocycles. The molecule has 0 atom stereocenters. The first-order chi connectivity index (χ1) is 19.8. The summed E-state index contributed by atoms with van der Waals surface area (Å²) in [5, 5.41) is 10.2. The summed E-state index contributed by atoms with van der Waals surface area (Å²) < 4.78 is 0. The minimum Gasteiger partial charge on any atom is -0.0616 e. The molecule has 0 aliphatic carbocycles. The monoisotopic (exact) mass is 506 g/mol. The Morgan fingerprint density at radius 2 is 0.650 bits per heavy atom. The Labute approximate surface area is 233 Å². The Balaban J connectivity index is 1.15. The summed E-state index contributed by atoms with van der Waals surface area (Å²) in [6.45, 7) is 0.